The highest BCUT2D eigenvalue weighted by molar-refractivity contribution is 14.0. The van der Waals surface area contributed by atoms with E-state index in [-0.39, 0.29) is 24.0 Å². The lowest BCUT2D eigenvalue weighted by Gasteiger charge is -2.16. The quantitative estimate of drug-likeness (QED) is 0.318. The average molecular weight is 544 g/mol. The fourth-order valence-electron chi connectivity index (χ4n) is 3.29. The Hall–Kier alpha value is -1.85. The Balaban J connectivity index is 0.00000320. The predicted molar refractivity (Wildman–Crippen MR) is 130 cm³/mol. The molecule has 7 nitrogen and oxygen atoms in total. The topological polar surface area (TPSA) is 83.0 Å². The average Bonchev–Trinajstić information content (AvgIpc) is 3.30. The van der Waals surface area contributed by atoms with Crippen LogP contribution >= 0.6 is 24.0 Å². The van der Waals surface area contributed by atoms with Crippen molar-refractivity contribution in [1.29, 1.82) is 0 Å². The second-order valence-corrected chi connectivity index (χ2v) is 8.78. The number of para-hydroxylation sites is 1. The van der Waals surface area contributed by atoms with Gasteiger partial charge in [-0.25, -0.2) is 8.42 Å². The van der Waals surface area contributed by atoms with Crippen LogP contribution in [0.2, 0.25) is 0 Å². The number of aliphatic imine (C=N–C) groups is 1. The van der Waals surface area contributed by atoms with E-state index in [1.165, 1.54) is 0 Å². The van der Waals surface area contributed by atoms with Crippen molar-refractivity contribution in [2.45, 2.75) is 30.8 Å². The molecular formula is C21H29IN4O3S. The van der Waals surface area contributed by atoms with Crippen LogP contribution in [-0.4, -0.2) is 45.9 Å². The standard InChI is InChI=1S/C21H28N4O3S.HI/c1-22-21(24-16-18-7-3-4-8-20(18)28-2)23-15-17-9-11-19(12-10-17)29(26,27)25-13-5-6-14-25;/h3-4,7-12H,5-6,13-16H2,1-2H3,(H2,22,23,24);1H. The van der Waals surface area contributed by atoms with Gasteiger partial charge in [-0.05, 0) is 36.6 Å². The summed E-state index contributed by atoms with van der Waals surface area (Å²) in [7, 11) is -0.00844. The van der Waals surface area contributed by atoms with E-state index < -0.39 is 10.0 Å². The molecule has 1 aliphatic rings. The van der Waals surface area contributed by atoms with Gasteiger partial charge in [0.1, 0.15) is 5.75 Å². The van der Waals surface area contributed by atoms with E-state index in [9.17, 15) is 8.42 Å². The lowest BCUT2D eigenvalue weighted by Crippen LogP contribution is -2.36. The van der Waals surface area contributed by atoms with Crippen molar-refractivity contribution >= 4 is 40.0 Å². The molecule has 0 aromatic heterocycles. The lowest BCUT2D eigenvalue weighted by molar-refractivity contribution is 0.409. The van der Waals surface area contributed by atoms with Crippen LogP contribution in [0.1, 0.15) is 24.0 Å². The Kier molecular flexibility index (Phi) is 9.37. The summed E-state index contributed by atoms with van der Waals surface area (Å²) in [4.78, 5) is 4.58. The molecule has 30 heavy (non-hydrogen) atoms. The van der Waals surface area contributed by atoms with Gasteiger partial charge in [-0.15, -0.1) is 24.0 Å². The van der Waals surface area contributed by atoms with Gasteiger partial charge < -0.3 is 15.4 Å². The zero-order chi connectivity index (χ0) is 20.7. The first-order valence-electron chi connectivity index (χ1n) is 9.70. The number of benzene rings is 2. The number of halogens is 1. The van der Waals surface area contributed by atoms with Crippen LogP contribution in [0.15, 0.2) is 58.4 Å². The first-order chi connectivity index (χ1) is 14.0. The molecule has 1 fully saturated rings. The fraction of sp³-hybridized carbons (Fsp3) is 0.381. The maximum Gasteiger partial charge on any atom is 0.243 e. The zero-order valence-electron chi connectivity index (χ0n) is 17.3. The first-order valence-corrected chi connectivity index (χ1v) is 11.1. The van der Waals surface area contributed by atoms with Gasteiger partial charge in [-0.2, -0.15) is 4.31 Å². The smallest absolute Gasteiger partial charge is 0.243 e. The van der Waals surface area contributed by atoms with Gasteiger partial charge in [0.15, 0.2) is 5.96 Å². The second kappa shape index (κ2) is 11.5. The third kappa shape index (κ3) is 6.08. The van der Waals surface area contributed by atoms with Crippen LogP contribution in [0.3, 0.4) is 0 Å². The van der Waals surface area contributed by atoms with Crippen molar-refractivity contribution < 1.29 is 13.2 Å². The highest BCUT2D eigenvalue weighted by Crippen LogP contribution is 2.21. The van der Waals surface area contributed by atoms with Crippen molar-refractivity contribution in [3.63, 3.8) is 0 Å². The van der Waals surface area contributed by atoms with Gasteiger partial charge in [0.2, 0.25) is 10.0 Å². The maximum atomic E-state index is 12.6. The van der Waals surface area contributed by atoms with Gasteiger partial charge >= 0.3 is 0 Å². The van der Waals surface area contributed by atoms with E-state index in [2.05, 4.69) is 15.6 Å². The molecule has 0 aliphatic carbocycles. The number of methoxy groups -OCH3 is 1. The van der Waals surface area contributed by atoms with Crippen molar-refractivity contribution in [2.24, 2.45) is 4.99 Å². The largest absolute Gasteiger partial charge is 0.496 e. The van der Waals surface area contributed by atoms with Gasteiger partial charge in [0, 0.05) is 38.8 Å². The molecule has 0 atom stereocenters. The van der Waals surface area contributed by atoms with Crippen LogP contribution in [-0.2, 0) is 23.1 Å². The van der Waals surface area contributed by atoms with Gasteiger partial charge in [-0.3, -0.25) is 4.99 Å². The van der Waals surface area contributed by atoms with Gasteiger partial charge in [-0.1, -0.05) is 30.3 Å². The van der Waals surface area contributed by atoms with E-state index in [0.29, 0.717) is 37.0 Å². The zero-order valence-corrected chi connectivity index (χ0v) is 20.4. The summed E-state index contributed by atoms with van der Waals surface area (Å²) >= 11 is 0. The van der Waals surface area contributed by atoms with Crippen LogP contribution < -0.4 is 15.4 Å². The molecule has 0 saturated carbocycles. The number of sulfonamides is 1. The van der Waals surface area contributed by atoms with Gasteiger partial charge in [0.05, 0.1) is 12.0 Å². The Morgan fingerprint density at radius 2 is 1.67 bits per heavy atom. The second-order valence-electron chi connectivity index (χ2n) is 6.85. The molecule has 0 spiro atoms. The highest BCUT2D eigenvalue weighted by atomic mass is 127. The van der Waals surface area contributed by atoms with Crippen LogP contribution in [0, 0.1) is 0 Å². The molecule has 164 valence electrons. The van der Waals surface area contributed by atoms with E-state index >= 15 is 0 Å². The summed E-state index contributed by atoms with van der Waals surface area (Å²) < 4.78 is 32.1. The minimum atomic E-state index is -3.37. The molecule has 1 saturated heterocycles. The molecule has 0 radical (unpaired) electrons. The minimum absolute atomic E-state index is 0. The molecule has 9 heteroatoms. The maximum absolute atomic E-state index is 12.6. The third-order valence-corrected chi connectivity index (χ3v) is 6.86. The molecule has 3 rings (SSSR count). The highest BCUT2D eigenvalue weighted by Gasteiger charge is 2.26. The molecule has 1 heterocycles. The molecule has 2 N–H and O–H groups in total. The number of nitrogens with zero attached hydrogens (tertiary/aromatic N) is 2. The van der Waals surface area contributed by atoms with E-state index in [4.69, 9.17) is 4.74 Å². The Morgan fingerprint density at radius 3 is 2.30 bits per heavy atom. The molecular weight excluding hydrogens is 515 g/mol. The number of guanidine groups is 1. The van der Waals surface area contributed by atoms with E-state index in [0.717, 1.165) is 29.7 Å². The monoisotopic (exact) mass is 544 g/mol. The number of ether oxygens (including phenoxy) is 1. The number of rotatable bonds is 7. The SMILES string of the molecule is CN=C(NCc1ccc(S(=O)(=O)N2CCCC2)cc1)NCc1ccccc1OC.I. The lowest BCUT2D eigenvalue weighted by atomic mass is 10.2. The van der Waals surface area contributed by atoms with Crippen molar-refractivity contribution in [3.05, 3.63) is 59.7 Å². The Morgan fingerprint density at radius 1 is 1.03 bits per heavy atom. The molecule has 0 unspecified atom stereocenters. The van der Waals surface area contributed by atoms with Crippen molar-refractivity contribution in [2.75, 3.05) is 27.2 Å². The van der Waals surface area contributed by atoms with Crippen molar-refractivity contribution in [1.82, 2.24) is 14.9 Å². The predicted octanol–water partition coefficient (Wildman–Crippen LogP) is 2.96. The number of hydrogen-bond donors (Lipinski definition) is 2. The van der Waals surface area contributed by atoms with Crippen LogP contribution in [0.5, 0.6) is 5.75 Å². The van der Waals surface area contributed by atoms with Crippen LogP contribution in [0.4, 0.5) is 0 Å². The summed E-state index contributed by atoms with van der Waals surface area (Å²) in [5.74, 6) is 1.48. The summed E-state index contributed by atoms with van der Waals surface area (Å²) in [5.41, 5.74) is 2.01. The normalized spacial score (nSPS) is 14.8. The molecule has 2 aromatic rings. The van der Waals surface area contributed by atoms with Crippen LogP contribution in [0.25, 0.3) is 0 Å². The fourth-order valence-corrected chi connectivity index (χ4v) is 4.81. The summed E-state index contributed by atoms with van der Waals surface area (Å²) in [6, 6.07) is 14.8. The third-order valence-electron chi connectivity index (χ3n) is 4.95. The Labute approximate surface area is 196 Å². The van der Waals surface area contributed by atoms with E-state index in [1.807, 2.05) is 36.4 Å². The Bertz CT molecular complexity index is 943. The minimum Gasteiger partial charge on any atom is -0.496 e. The molecule has 0 amide bonds. The summed E-state index contributed by atoms with van der Waals surface area (Å²) in [6.07, 6.45) is 1.87. The van der Waals surface area contributed by atoms with Gasteiger partial charge in [0.25, 0.3) is 0 Å². The molecule has 2 aromatic carbocycles. The number of nitrogens with one attached hydrogen (secondary N) is 2. The number of hydrogen-bond acceptors (Lipinski definition) is 4. The molecule has 0 bridgehead atoms. The van der Waals surface area contributed by atoms with E-state index in [1.54, 1.807) is 30.6 Å². The van der Waals surface area contributed by atoms with Crippen molar-refractivity contribution in [3.8, 4) is 5.75 Å². The summed E-state index contributed by atoms with van der Waals surface area (Å²) in [6.45, 7) is 2.34. The summed E-state index contributed by atoms with van der Waals surface area (Å²) in [5, 5.41) is 6.50. The molecule has 1 aliphatic heterocycles. The first kappa shape index (κ1) is 24.4.